The number of nitrogens with two attached hydrogens (primary N) is 1. The minimum atomic E-state index is 0.642. The number of anilines is 2. The molecule has 2 rings (SSSR count). The second-order valence-electron chi connectivity index (χ2n) is 4.11. The first-order valence-corrected chi connectivity index (χ1v) is 5.44. The van der Waals surface area contributed by atoms with E-state index in [1.54, 1.807) is 7.11 Å². The molecule has 1 aromatic carbocycles. The van der Waals surface area contributed by atoms with Crippen molar-refractivity contribution in [3.8, 4) is 5.75 Å². The Balaban J connectivity index is 2.03. The molecule has 2 unspecified atom stereocenters. The van der Waals surface area contributed by atoms with E-state index in [4.69, 9.17) is 10.5 Å². The highest BCUT2D eigenvalue weighted by Gasteiger charge is 2.35. The van der Waals surface area contributed by atoms with Gasteiger partial charge in [-0.3, -0.25) is 0 Å². The molecule has 0 heterocycles. The second-order valence-corrected chi connectivity index (χ2v) is 4.11. The Hall–Kier alpha value is -1.38. The molecule has 0 saturated heterocycles. The van der Waals surface area contributed by atoms with Crippen molar-refractivity contribution < 1.29 is 4.74 Å². The Morgan fingerprint density at radius 2 is 2.33 bits per heavy atom. The molecule has 2 atom stereocenters. The summed E-state index contributed by atoms with van der Waals surface area (Å²) < 4.78 is 5.18. The van der Waals surface area contributed by atoms with Gasteiger partial charge in [0.1, 0.15) is 5.75 Å². The van der Waals surface area contributed by atoms with Gasteiger partial charge in [0.2, 0.25) is 0 Å². The molecule has 3 heteroatoms. The van der Waals surface area contributed by atoms with Crippen molar-refractivity contribution in [1.29, 1.82) is 0 Å². The van der Waals surface area contributed by atoms with Crippen LogP contribution < -0.4 is 15.8 Å². The molecule has 3 nitrogen and oxygen atoms in total. The fourth-order valence-electron chi connectivity index (χ4n) is 1.89. The third kappa shape index (κ3) is 2.17. The maximum Gasteiger partial charge on any atom is 0.143 e. The zero-order valence-electron chi connectivity index (χ0n) is 9.29. The number of rotatable bonds is 4. The Morgan fingerprint density at radius 1 is 1.53 bits per heavy atom. The van der Waals surface area contributed by atoms with Crippen molar-refractivity contribution in [1.82, 2.24) is 0 Å². The van der Waals surface area contributed by atoms with Crippen molar-refractivity contribution in [3.05, 3.63) is 18.2 Å². The average molecular weight is 206 g/mol. The number of benzene rings is 1. The van der Waals surface area contributed by atoms with Crippen LogP contribution >= 0.6 is 0 Å². The van der Waals surface area contributed by atoms with E-state index < -0.39 is 0 Å². The highest BCUT2D eigenvalue weighted by atomic mass is 16.5. The Bertz CT molecular complexity index is 351. The quantitative estimate of drug-likeness (QED) is 0.744. The van der Waals surface area contributed by atoms with E-state index in [-0.39, 0.29) is 0 Å². The van der Waals surface area contributed by atoms with Crippen LogP contribution in [0.2, 0.25) is 0 Å². The van der Waals surface area contributed by atoms with Gasteiger partial charge in [-0.2, -0.15) is 0 Å². The summed E-state index contributed by atoms with van der Waals surface area (Å²) in [5, 5.41) is 3.48. The predicted molar refractivity (Wildman–Crippen MR) is 63.2 cm³/mol. The third-order valence-corrected chi connectivity index (χ3v) is 3.03. The van der Waals surface area contributed by atoms with E-state index >= 15 is 0 Å². The number of hydrogen-bond acceptors (Lipinski definition) is 3. The molecule has 15 heavy (non-hydrogen) atoms. The first-order chi connectivity index (χ1) is 7.24. The lowest BCUT2D eigenvalue weighted by atomic mass is 10.2. The van der Waals surface area contributed by atoms with Gasteiger partial charge in [-0.25, -0.2) is 0 Å². The molecule has 82 valence electrons. The largest absolute Gasteiger partial charge is 0.495 e. The number of nitrogens with one attached hydrogen (secondary N) is 1. The van der Waals surface area contributed by atoms with Gasteiger partial charge in [0.05, 0.1) is 12.8 Å². The van der Waals surface area contributed by atoms with Gasteiger partial charge < -0.3 is 15.8 Å². The lowest BCUT2D eigenvalue weighted by molar-refractivity contribution is 0.417. The summed E-state index contributed by atoms with van der Waals surface area (Å²) in [6.07, 6.45) is 2.53. The highest BCUT2D eigenvalue weighted by molar-refractivity contribution is 5.61. The SMILES string of the molecule is CCC1CC1Nc1ccc(N)c(OC)c1. The van der Waals surface area contributed by atoms with Crippen LogP contribution in [-0.2, 0) is 0 Å². The van der Waals surface area contributed by atoms with Crippen molar-refractivity contribution in [3.63, 3.8) is 0 Å². The molecule has 3 N–H and O–H groups in total. The number of ether oxygens (including phenoxy) is 1. The summed E-state index contributed by atoms with van der Waals surface area (Å²) in [5.41, 5.74) is 7.53. The third-order valence-electron chi connectivity index (χ3n) is 3.03. The van der Waals surface area contributed by atoms with Crippen LogP contribution in [0.3, 0.4) is 0 Å². The Kier molecular flexibility index (Phi) is 2.71. The molecular weight excluding hydrogens is 188 g/mol. The van der Waals surface area contributed by atoms with Crippen molar-refractivity contribution >= 4 is 11.4 Å². The molecule has 1 saturated carbocycles. The second kappa shape index (κ2) is 4.01. The highest BCUT2D eigenvalue weighted by Crippen LogP contribution is 2.37. The smallest absolute Gasteiger partial charge is 0.143 e. The summed E-state index contributed by atoms with van der Waals surface area (Å²) >= 11 is 0. The first kappa shape index (κ1) is 10.1. The average Bonchev–Trinajstić information content (AvgIpc) is 2.99. The normalized spacial score (nSPS) is 23.6. The van der Waals surface area contributed by atoms with Gasteiger partial charge >= 0.3 is 0 Å². The summed E-state index contributed by atoms with van der Waals surface area (Å²) in [7, 11) is 1.64. The van der Waals surface area contributed by atoms with Crippen LogP contribution in [0.4, 0.5) is 11.4 Å². The topological polar surface area (TPSA) is 47.3 Å². The molecule has 0 spiro atoms. The molecule has 1 aliphatic carbocycles. The zero-order valence-corrected chi connectivity index (χ0v) is 9.29. The van der Waals surface area contributed by atoms with Crippen molar-refractivity contribution in [2.24, 2.45) is 5.92 Å². The molecular formula is C12H18N2O. The maximum atomic E-state index is 5.75. The van der Waals surface area contributed by atoms with Gasteiger partial charge in [0.15, 0.2) is 0 Å². The van der Waals surface area contributed by atoms with Gasteiger partial charge in [-0.1, -0.05) is 13.3 Å². The van der Waals surface area contributed by atoms with E-state index in [2.05, 4.69) is 12.2 Å². The van der Waals surface area contributed by atoms with E-state index in [1.165, 1.54) is 12.8 Å². The zero-order chi connectivity index (χ0) is 10.8. The number of hydrogen-bond donors (Lipinski definition) is 2. The molecule has 1 fully saturated rings. The van der Waals surface area contributed by atoms with E-state index in [0.29, 0.717) is 11.7 Å². The van der Waals surface area contributed by atoms with Gasteiger partial charge in [0.25, 0.3) is 0 Å². The fraction of sp³-hybridized carbons (Fsp3) is 0.500. The van der Waals surface area contributed by atoms with Crippen molar-refractivity contribution in [2.45, 2.75) is 25.8 Å². The van der Waals surface area contributed by atoms with Crippen LogP contribution in [0.15, 0.2) is 18.2 Å². The van der Waals surface area contributed by atoms with Crippen LogP contribution in [-0.4, -0.2) is 13.2 Å². The summed E-state index contributed by atoms with van der Waals surface area (Å²) in [6.45, 7) is 2.23. The Labute approximate surface area is 90.6 Å². The molecule has 0 amide bonds. The lowest BCUT2D eigenvalue weighted by Crippen LogP contribution is -2.04. The lowest BCUT2D eigenvalue weighted by Gasteiger charge is -2.09. The fourth-order valence-corrected chi connectivity index (χ4v) is 1.89. The number of methoxy groups -OCH3 is 1. The van der Waals surface area contributed by atoms with Crippen molar-refractivity contribution in [2.75, 3.05) is 18.2 Å². The van der Waals surface area contributed by atoms with E-state index in [1.807, 2.05) is 18.2 Å². The summed E-state index contributed by atoms with van der Waals surface area (Å²) in [4.78, 5) is 0. The monoisotopic (exact) mass is 206 g/mol. The molecule has 1 aliphatic rings. The standard InChI is InChI=1S/C12H18N2O/c1-3-8-6-11(8)14-9-4-5-10(13)12(7-9)15-2/h4-5,7-8,11,14H,3,6,13H2,1-2H3. The van der Waals surface area contributed by atoms with Crippen LogP contribution in [0, 0.1) is 5.92 Å². The minimum absolute atomic E-state index is 0.642. The van der Waals surface area contributed by atoms with Gasteiger partial charge in [-0.05, 0) is 24.5 Å². The summed E-state index contributed by atoms with van der Waals surface area (Å²) in [6, 6.07) is 6.48. The maximum absolute atomic E-state index is 5.75. The first-order valence-electron chi connectivity index (χ1n) is 5.44. The molecule has 0 aliphatic heterocycles. The minimum Gasteiger partial charge on any atom is -0.495 e. The molecule has 0 aromatic heterocycles. The van der Waals surface area contributed by atoms with Crippen LogP contribution in [0.25, 0.3) is 0 Å². The number of nitrogen functional groups attached to an aromatic ring is 1. The predicted octanol–water partition coefficient (Wildman–Crippen LogP) is 2.49. The van der Waals surface area contributed by atoms with E-state index in [9.17, 15) is 0 Å². The summed E-state index contributed by atoms with van der Waals surface area (Å²) in [5.74, 6) is 1.59. The van der Waals surface area contributed by atoms with E-state index in [0.717, 1.165) is 17.4 Å². The molecule has 0 radical (unpaired) electrons. The van der Waals surface area contributed by atoms with Gasteiger partial charge in [-0.15, -0.1) is 0 Å². The molecule has 0 bridgehead atoms. The van der Waals surface area contributed by atoms with Gasteiger partial charge in [0, 0.05) is 17.8 Å². The molecule has 1 aromatic rings. The Morgan fingerprint density at radius 3 is 2.93 bits per heavy atom. The van der Waals surface area contributed by atoms with Crippen LogP contribution in [0.1, 0.15) is 19.8 Å². The van der Waals surface area contributed by atoms with Crippen LogP contribution in [0.5, 0.6) is 5.75 Å².